The van der Waals surface area contributed by atoms with Gasteiger partial charge in [-0.2, -0.15) is 5.10 Å². The number of hydrogen-bond donors (Lipinski definition) is 1. The van der Waals surface area contributed by atoms with Crippen molar-refractivity contribution in [3.05, 3.63) is 29.0 Å². The molecule has 0 amide bonds. The fourth-order valence-electron chi connectivity index (χ4n) is 1.33. The maximum Gasteiger partial charge on any atom is 0.104 e. The van der Waals surface area contributed by atoms with Crippen LogP contribution in [0.1, 0.15) is 24.3 Å². The van der Waals surface area contributed by atoms with Crippen LogP contribution in [-0.4, -0.2) is 24.5 Å². The Bertz CT molecular complexity index is 411. The highest BCUT2D eigenvalue weighted by molar-refractivity contribution is 7.03. The molecule has 5 nitrogen and oxygen atoms in total. The van der Waals surface area contributed by atoms with Crippen LogP contribution in [0, 0.1) is 0 Å². The first kappa shape index (κ1) is 10.3. The molecule has 1 unspecified atom stereocenters. The Kier molecular flexibility index (Phi) is 3.08. The Morgan fingerprint density at radius 2 is 2.47 bits per heavy atom. The highest BCUT2D eigenvalue weighted by atomic mass is 32.1. The van der Waals surface area contributed by atoms with Gasteiger partial charge in [0.05, 0.1) is 6.20 Å². The molecule has 6 heteroatoms. The van der Waals surface area contributed by atoms with E-state index >= 15 is 0 Å². The molecule has 15 heavy (non-hydrogen) atoms. The van der Waals surface area contributed by atoms with E-state index in [0.29, 0.717) is 12.1 Å². The van der Waals surface area contributed by atoms with Crippen molar-refractivity contribution in [3.63, 3.8) is 0 Å². The van der Waals surface area contributed by atoms with Gasteiger partial charge < -0.3 is 5.11 Å². The van der Waals surface area contributed by atoms with Crippen molar-refractivity contribution in [1.29, 1.82) is 0 Å². The van der Waals surface area contributed by atoms with Gasteiger partial charge in [-0.25, -0.2) is 0 Å². The number of aromatic nitrogens is 4. The van der Waals surface area contributed by atoms with Crippen LogP contribution in [0.25, 0.3) is 0 Å². The fraction of sp³-hybridized carbons (Fsp3) is 0.444. The molecule has 1 atom stereocenters. The predicted molar refractivity (Wildman–Crippen MR) is 56.5 cm³/mol. The third kappa shape index (κ3) is 2.40. The van der Waals surface area contributed by atoms with Gasteiger partial charge in [-0.15, -0.1) is 5.10 Å². The molecular formula is C9H12N4OS. The molecule has 0 saturated heterocycles. The largest absolute Gasteiger partial charge is 0.386 e. The summed E-state index contributed by atoms with van der Waals surface area (Å²) in [6, 6.07) is 0. The highest BCUT2D eigenvalue weighted by Gasteiger charge is 2.12. The Labute approximate surface area is 91.5 Å². The van der Waals surface area contributed by atoms with E-state index in [-0.39, 0.29) is 0 Å². The summed E-state index contributed by atoms with van der Waals surface area (Å²) in [6.45, 7) is 2.87. The van der Waals surface area contributed by atoms with Gasteiger partial charge in [0.2, 0.25) is 0 Å². The van der Waals surface area contributed by atoms with Crippen molar-refractivity contribution in [2.45, 2.75) is 26.0 Å². The third-order valence-electron chi connectivity index (χ3n) is 2.16. The number of aliphatic hydroxyl groups excluding tert-OH is 1. The Morgan fingerprint density at radius 3 is 3.07 bits per heavy atom. The van der Waals surface area contributed by atoms with E-state index in [4.69, 9.17) is 0 Å². The number of nitrogens with zero attached hydrogens (tertiary/aromatic N) is 4. The van der Waals surface area contributed by atoms with Gasteiger partial charge in [-0.1, -0.05) is 4.49 Å². The van der Waals surface area contributed by atoms with E-state index < -0.39 is 6.10 Å². The zero-order chi connectivity index (χ0) is 10.7. The van der Waals surface area contributed by atoms with E-state index in [9.17, 15) is 5.11 Å². The van der Waals surface area contributed by atoms with Crippen LogP contribution in [-0.2, 0) is 13.0 Å². The van der Waals surface area contributed by atoms with E-state index in [1.54, 1.807) is 11.6 Å². The van der Waals surface area contributed by atoms with Crippen molar-refractivity contribution in [1.82, 2.24) is 19.4 Å². The Morgan fingerprint density at radius 1 is 1.60 bits per heavy atom. The molecule has 0 aromatic carbocycles. The van der Waals surface area contributed by atoms with E-state index in [1.165, 1.54) is 11.5 Å². The summed E-state index contributed by atoms with van der Waals surface area (Å²) in [7, 11) is 0. The van der Waals surface area contributed by atoms with Crippen LogP contribution in [0.3, 0.4) is 0 Å². The van der Waals surface area contributed by atoms with Gasteiger partial charge in [0.25, 0.3) is 0 Å². The lowest BCUT2D eigenvalue weighted by molar-refractivity contribution is 0.173. The van der Waals surface area contributed by atoms with Crippen molar-refractivity contribution in [2.75, 3.05) is 0 Å². The maximum absolute atomic E-state index is 9.81. The van der Waals surface area contributed by atoms with Crippen LogP contribution >= 0.6 is 11.5 Å². The summed E-state index contributed by atoms with van der Waals surface area (Å²) < 4.78 is 5.55. The van der Waals surface area contributed by atoms with E-state index in [1.807, 2.05) is 17.8 Å². The highest BCUT2D eigenvalue weighted by Crippen LogP contribution is 2.16. The average molecular weight is 224 g/mol. The molecule has 2 rings (SSSR count). The SMILES string of the molecule is CCn1cc(CC(O)c2csnn2)cn1. The lowest BCUT2D eigenvalue weighted by Crippen LogP contribution is -2.01. The normalized spacial score (nSPS) is 12.9. The molecule has 0 spiro atoms. The average Bonchev–Trinajstić information content (AvgIpc) is 2.87. The molecule has 2 heterocycles. The van der Waals surface area contributed by atoms with E-state index in [2.05, 4.69) is 14.7 Å². The van der Waals surface area contributed by atoms with Crippen LogP contribution in [0.15, 0.2) is 17.8 Å². The fourth-order valence-corrected chi connectivity index (χ4v) is 1.83. The molecule has 0 radical (unpaired) electrons. The minimum absolute atomic E-state index is 0.533. The molecular weight excluding hydrogens is 212 g/mol. The number of aliphatic hydroxyl groups is 1. The topological polar surface area (TPSA) is 63.8 Å². The van der Waals surface area contributed by atoms with Gasteiger partial charge in [-0.05, 0) is 24.0 Å². The summed E-state index contributed by atoms with van der Waals surface area (Å²) >= 11 is 1.25. The lowest BCUT2D eigenvalue weighted by Gasteiger charge is -2.03. The molecule has 2 aromatic heterocycles. The van der Waals surface area contributed by atoms with Crippen molar-refractivity contribution in [2.24, 2.45) is 0 Å². The summed E-state index contributed by atoms with van der Waals surface area (Å²) in [4.78, 5) is 0. The third-order valence-corrected chi connectivity index (χ3v) is 2.68. The summed E-state index contributed by atoms with van der Waals surface area (Å²) in [5.74, 6) is 0. The second-order valence-corrected chi connectivity index (χ2v) is 3.86. The van der Waals surface area contributed by atoms with Crippen LogP contribution < -0.4 is 0 Å². The van der Waals surface area contributed by atoms with Gasteiger partial charge in [0.1, 0.15) is 11.8 Å². The Hall–Kier alpha value is -1.27. The summed E-state index contributed by atoms with van der Waals surface area (Å²) in [5.41, 5.74) is 1.64. The molecule has 0 aliphatic heterocycles. The first-order valence-electron chi connectivity index (χ1n) is 4.76. The Balaban J connectivity index is 2.02. The van der Waals surface area contributed by atoms with E-state index in [0.717, 1.165) is 12.1 Å². The second-order valence-electron chi connectivity index (χ2n) is 3.25. The van der Waals surface area contributed by atoms with Gasteiger partial charge in [0, 0.05) is 24.5 Å². The van der Waals surface area contributed by atoms with Crippen molar-refractivity contribution >= 4 is 11.5 Å². The van der Waals surface area contributed by atoms with Gasteiger partial charge in [0.15, 0.2) is 0 Å². The quantitative estimate of drug-likeness (QED) is 0.842. The minimum atomic E-state index is -0.585. The maximum atomic E-state index is 9.81. The molecule has 80 valence electrons. The molecule has 0 fully saturated rings. The molecule has 1 N–H and O–H groups in total. The standard InChI is InChI=1S/C9H12N4OS/c1-2-13-5-7(4-10-13)3-9(14)8-6-15-12-11-8/h4-6,9,14H,2-3H2,1H3. The molecule has 0 aliphatic rings. The summed E-state index contributed by atoms with van der Waals surface area (Å²) in [5, 5.41) is 19.5. The van der Waals surface area contributed by atoms with Gasteiger partial charge >= 0.3 is 0 Å². The first-order chi connectivity index (χ1) is 7.29. The number of rotatable bonds is 4. The monoisotopic (exact) mass is 224 g/mol. The predicted octanol–water partition coefficient (Wildman–Crippen LogP) is 1.03. The number of aryl methyl sites for hydroxylation is 1. The zero-order valence-corrected chi connectivity index (χ0v) is 9.18. The van der Waals surface area contributed by atoms with Gasteiger partial charge in [-0.3, -0.25) is 4.68 Å². The summed E-state index contributed by atoms with van der Waals surface area (Å²) in [6.07, 6.45) is 3.65. The first-order valence-corrected chi connectivity index (χ1v) is 5.59. The molecule has 0 saturated carbocycles. The second kappa shape index (κ2) is 4.50. The van der Waals surface area contributed by atoms with Crippen molar-refractivity contribution < 1.29 is 5.11 Å². The minimum Gasteiger partial charge on any atom is -0.386 e. The molecule has 0 aliphatic carbocycles. The van der Waals surface area contributed by atoms with Crippen molar-refractivity contribution in [3.8, 4) is 0 Å². The van der Waals surface area contributed by atoms with Crippen LogP contribution in [0.2, 0.25) is 0 Å². The molecule has 2 aromatic rings. The lowest BCUT2D eigenvalue weighted by atomic mass is 10.1. The number of hydrogen-bond acceptors (Lipinski definition) is 5. The smallest absolute Gasteiger partial charge is 0.104 e. The molecule has 0 bridgehead atoms. The zero-order valence-electron chi connectivity index (χ0n) is 8.37. The van der Waals surface area contributed by atoms with Crippen LogP contribution in [0.5, 0.6) is 0 Å². The van der Waals surface area contributed by atoms with Crippen LogP contribution in [0.4, 0.5) is 0 Å².